The number of carboxylic acids is 1. The van der Waals surface area contributed by atoms with Crippen molar-refractivity contribution in [3.05, 3.63) is 112 Å². The maximum Gasteiger partial charge on any atom is 0.335 e. The summed E-state index contributed by atoms with van der Waals surface area (Å²) in [7, 11) is 0. The quantitative estimate of drug-likeness (QED) is 0.296. The maximum atomic E-state index is 14.0. The van der Waals surface area contributed by atoms with E-state index in [4.69, 9.17) is 0 Å². The molecule has 0 fully saturated rings. The van der Waals surface area contributed by atoms with Gasteiger partial charge in [-0.05, 0) is 83.5 Å². The highest BCUT2D eigenvalue weighted by Gasteiger charge is 2.30. The molecule has 0 saturated carbocycles. The van der Waals surface area contributed by atoms with Crippen LogP contribution in [0.15, 0.2) is 78.9 Å². The second-order valence-electron chi connectivity index (χ2n) is 9.47. The van der Waals surface area contributed by atoms with Crippen molar-refractivity contribution in [3.63, 3.8) is 0 Å². The van der Waals surface area contributed by atoms with E-state index in [1.165, 1.54) is 22.4 Å². The van der Waals surface area contributed by atoms with Crippen molar-refractivity contribution >= 4 is 22.4 Å². The van der Waals surface area contributed by atoms with Crippen LogP contribution in [-0.2, 0) is 6.42 Å². The first-order valence-electron chi connectivity index (χ1n) is 12.0. The first-order chi connectivity index (χ1) is 16.9. The zero-order chi connectivity index (χ0) is 24.5. The topological polar surface area (TPSA) is 61.4 Å². The summed E-state index contributed by atoms with van der Waals surface area (Å²) in [5.41, 5.74) is 5.04. The fraction of sp³-hybridized carbons (Fsp3) is 0.233. The average molecular weight is 469 g/mol. The standard InChI is InChI=1S/C30H29FN2O2/c1-18-10-11-21(16-27(18)30(34)35)29-23(14-22-15-24(31)12-13-28(22)33-29)17-32-19(2)25-9-5-7-20-6-3-4-8-26(20)25/h3-13,15-16,19,23,29,32-33H,14,17H2,1-2H3,(H,34,35)/t19-,23?,29?/m1/s1. The summed E-state index contributed by atoms with van der Waals surface area (Å²) in [5.74, 6) is -1.07. The van der Waals surface area contributed by atoms with Crippen molar-refractivity contribution in [2.45, 2.75) is 32.4 Å². The van der Waals surface area contributed by atoms with Gasteiger partial charge in [0.2, 0.25) is 0 Å². The van der Waals surface area contributed by atoms with Crippen molar-refractivity contribution in [3.8, 4) is 0 Å². The predicted molar refractivity (Wildman–Crippen MR) is 138 cm³/mol. The van der Waals surface area contributed by atoms with Crippen molar-refractivity contribution < 1.29 is 14.3 Å². The third-order valence-electron chi connectivity index (χ3n) is 7.16. The van der Waals surface area contributed by atoms with Gasteiger partial charge in [-0.25, -0.2) is 9.18 Å². The SMILES string of the molecule is Cc1ccc(C2Nc3ccc(F)cc3CC2CN[C@H](C)c2cccc3ccccc23)cc1C(=O)O. The number of halogens is 1. The van der Waals surface area contributed by atoms with Crippen LogP contribution in [0.25, 0.3) is 10.8 Å². The van der Waals surface area contributed by atoms with Crippen LogP contribution in [0, 0.1) is 18.7 Å². The van der Waals surface area contributed by atoms with E-state index >= 15 is 0 Å². The summed E-state index contributed by atoms with van der Waals surface area (Å²) in [5, 5.41) is 19.4. The fourth-order valence-electron chi connectivity index (χ4n) is 5.23. The Kier molecular flexibility index (Phi) is 6.27. The molecule has 0 aromatic heterocycles. The lowest BCUT2D eigenvalue weighted by Gasteiger charge is -2.36. The van der Waals surface area contributed by atoms with Crippen LogP contribution in [0.4, 0.5) is 10.1 Å². The number of fused-ring (bicyclic) bond motifs is 2. The number of carbonyl (C=O) groups is 1. The first kappa shape index (κ1) is 23.1. The number of hydrogen-bond donors (Lipinski definition) is 3. The zero-order valence-electron chi connectivity index (χ0n) is 19.9. The zero-order valence-corrected chi connectivity index (χ0v) is 19.9. The highest BCUT2D eigenvalue weighted by atomic mass is 19.1. The summed E-state index contributed by atoms with van der Waals surface area (Å²) < 4.78 is 14.0. The molecule has 4 aromatic rings. The van der Waals surface area contributed by atoms with Crippen LogP contribution in [0.5, 0.6) is 0 Å². The summed E-state index contributed by atoms with van der Waals surface area (Å²) in [6.07, 6.45) is 0.691. The Labute approximate surface area is 204 Å². The fourth-order valence-corrected chi connectivity index (χ4v) is 5.23. The van der Waals surface area contributed by atoms with Crippen LogP contribution < -0.4 is 10.6 Å². The second-order valence-corrected chi connectivity index (χ2v) is 9.47. The highest BCUT2D eigenvalue weighted by molar-refractivity contribution is 5.89. The monoisotopic (exact) mass is 468 g/mol. The molecule has 0 aliphatic carbocycles. The third kappa shape index (κ3) is 4.64. The molecule has 4 aromatic carbocycles. The van der Waals surface area contributed by atoms with Crippen LogP contribution in [0.1, 0.15) is 51.6 Å². The number of aromatic carboxylic acids is 1. The molecular weight excluding hydrogens is 439 g/mol. The number of nitrogens with one attached hydrogen (secondary N) is 2. The Bertz CT molecular complexity index is 1400. The molecular formula is C30H29FN2O2. The molecule has 0 spiro atoms. The van der Waals surface area contributed by atoms with Gasteiger partial charge in [-0.3, -0.25) is 0 Å². The molecule has 5 heteroatoms. The molecule has 35 heavy (non-hydrogen) atoms. The molecule has 1 aliphatic heterocycles. The van der Waals surface area contributed by atoms with Gasteiger partial charge >= 0.3 is 5.97 Å². The van der Waals surface area contributed by atoms with Gasteiger partial charge < -0.3 is 15.7 Å². The van der Waals surface area contributed by atoms with E-state index in [-0.39, 0.29) is 23.8 Å². The molecule has 3 N–H and O–H groups in total. The van der Waals surface area contributed by atoms with Crippen molar-refractivity contribution in [2.24, 2.45) is 5.92 Å². The van der Waals surface area contributed by atoms with Crippen molar-refractivity contribution in [2.75, 3.05) is 11.9 Å². The summed E-state index contributed by atoms with van der Waals surface area (Å²) in [6.45, 7) is 4.66. The molecule has 178 valence electrons. The lowest BCUT2D eigenvalue weighted by Crippen LogP contribution is -2.36. The molecule has 0 saturated heterocycles. The number of hydrogen-bond acceptors (Lipinski definition) is 3. The van der Waals surface area contributed by atoms with Crippen LogP contribution in [0.2, 0.25) is 0 Å². The van der Waals surface area contributed by atoms with E-state index in [2.05, 4.69) is 54.0 Å². The van der Waals surface area contributed by atoms with E-state index < -0.39 is 5.97 Å². The van der Waals surface area contributed by atoms with Gasteiger partial charge in [0, 0.05) is 18.3 Å². The molecule has 5 rings (SSSR count). The van der Waals surface area contributed by atoms with Crippen LogP contribution >= 0.6 is 0 Å². The first-order valence-corrected chi connectivity index (χ1v) is 12.0. The van der Waals surface area contributed by atoms with Gasteiger partial charge in [0.25, 0.3) is 0 Å². The molecule has 0 radical (unpaired) electrons. The summed E-state index contributed by atoms with van der Waals surface area (Å²) in [4.78, 5) is 11.8. The van der Waals surface area contributed by atoms with Crippen molar-refractivity contribution in [1.82, 2.24) is 5.32 Å². The molecule has 2 unspecified atom stereocenters. The average Bonchev–Trinajstić information content (AvgIpc) is 2.86. The number of benzene rings is 4. The molecule has 0 bridgehead atoms. The Morgan fingerprint density at radius 1 is 1.09 bits per heavy atom. The van der Waals surface area contributed by atoms with Gasteiger partial charge in [-0.1, -0.05) is 54.6 Å². The predicted octanol–water partition coefficient (Wildman–Crippen LogP) is 6.66. The number of aryl methyl sites for hydroxylation is 1. The number of rotatable bonds is 6. The van der Waals surface area contributed by atoms with Gasteiger partial charge in [-0.2, -0.15) is 0 Å². The highest BCUT2D eigenvalue weighted by Crippen LogP contribution is 2.38. The van der Waals surface area contributed by atoms with Crippen LogP contribution in [0.3, 0.4) is 0 Å². The summed E-state index contributed by atoms with van der Waals surface area (Å²) in [6, 6.07) is 25.2. The minimum atomic E-state index is -0.929. The lowest BCUT2D eigenvalue weighted by molar-refractivity contribution is 0.0696. The van der Waals surface area contributed by atoms with Gasteiger partial charge in [0.05, 0.1) is 11.6 Å². The smallest absolute Gasteiger partial charge is 0.335 e. The second kappa shape index (κ2) is 9.51. The van der Waals surface area contributed by atoms with E-state index in [0.29, 0.717) is 18.5 Å². The van der Waals surface area contributed by atoms with Gasteiger partial charge in [0.15, 0.2) is 0 Å². The normalized spacial score (nSPS) is 18.0. The third-order valence-corrected chi connectivity index (χ3v) is 7.16. The van der Waals surface area contributed by atoms with Crippen LogP contribution in [-0.4, -0.2) is 17.6 Å². The van der Waals surface area contributed by atoms with E-state index in [9.17, 15) is 14.3 Å². The molecule has 3 atom stereocenters. The van der Waals surface area contributed by atoms with Gasteiger partial charge in [0.1, 0.15) is 5.82 Å². The summed E-state index contributed by atoms with van der Waals surface area (Å²) >= 11 is 0. The maximum absolute atomic E-state index is 14.0. The largest absolute Gasteiger partial charge is 0.478 e. The minimum Gasteiger partial charge on any atom is -0.478 e. The lowest BCUT2D eigenvalue weighted by atomic mass is 9.82. The molecule has 0 amide bonds. The molecule has 1 aliphatic rings. The minimum absolute atomic E-state index is 0.0983. The van der Waals surface area contributed by atoms with Gasteiger partial charge in [-0.15, -0.1) is 0 Å². The van der Waals surface area contributed by atoms with Crippen molar-refractivity contribution in [1.29, 1.82) is 0 Å². The Morgan fingerprint density at radius 2 is 1.89 bits per heavy atom. The Hall–Kier alpha value is -3.70. The Balaban J connectivity index is 1.45. The van der Waals surface area contributed by atoms with E-state index in [1.807, 2.05) is 25.1 Å². The van der Waals surface area contributed by atoms with E-state index in [1.54, 1.807) is 18.2 Å². The molecule has 1 heterocycles. The number of anilines is 1. The van der Waals surface area contributed by atoms with E-state index in [0.717, 1.165) is 22.4 Å². The molecule has 4 nitrogen and oxygen atoms in total. The Morgan fingerprint density at radius 3 is 2.71 bits per heavy atom. The number of carboxylic acid groups (broad SMARTS) is 1.